The molecule has 0 saturated carbocycles. The monoisotopic (exact) mass is 310 g/mol. The molecule has 7 nitrogen and oxygen atoms in total. The number of amides is 2. The van der Waals surface area contributed by atoms with Crippen LogP contribution in [0, 0.1) is 0 Å². The first kappa shape index (κ1) is 16.7. The summed E-state index contributed by atoms with van der Waals surface area (Å²) in [4.78, 5) is 44.5. The number of thioether (sulfide) groups is 1. The maximum atomic E-state index is 11.7. The molecule has 0 fully saturated rings. The Morgan fingerprint density at radius 1 is 0.952 bits per heavy atom. The molecule has 0 saturated heterocycles. The predicted molar refractivity (Wildman–Crippen MR) is 76.9 cm³/mol. The fourth-order valence-corrected chi connectivity index (χ4v) is 1.92. The highest BCUT2D eigenvalue weighted by Gasteiger charge is 2.11. The molecule has 0 spiro atoms. The van der Waals surface area contributed by atoms with E-state index in [4.69, 9.17) is 5.11 Å². The third-order valence-electron chi connectivity index (χ3n) is 2.23. The summed E-state index contributed by atoms with van der Waals surface area (Å²) >= 11 is 0.831. The molecule has 1 rings (SSSR count). The van der Waals surface area contributed by atoms with Crippen molar-refractivity contribution >= 4 is 34.7 Å². The molecule has 0 unspecified atom stereocenters. The summed E-state index contributed by atoms with van der Waals surface area (Å²) in [5.41, 5.74) is 0.495. The number of aliphatic carboxylic acids is 1. The van der Waals surface area contributed by atoms with Crippen LogP contribution in [0.15, 0.2) is 30.3 Å². The lowest BCUT2D eigenvalue weighted by molar-refractivity contribution is -0.137. The van der Waals surface area contributed by atoms with Crippen molar-refractivity contribution in [3.8, 4) is 0 Å². The van der Waals surface area contributed by atoms with Crippen molar-refractivity contribution in [2.24, 2.45) is 0 Å². The van der Waals surface area contributed by atoms with Crippen molar-refractivity contribution in [3.05, 3.63) is 35.9 Å². The lowest BCUT2D eigenvalue weighted by Gasteiger charge is -2.05. The minimum atomic E-state index is -1.17. The number of rotatable bonds is 7. The molecule has 0 atom stereocenters. The lowest BCUT2D eigenvalue weighted by atomic mass is 10.2. The van der Waals surface area contributed by atoms with Gasteiger partial charge in [0.05, 0.1) is 12.3 Å². The average molecular weight is 310 g/mol. The van der Waals surface area contributed by atoms with E-state index in [0.717, 1.165) is 11.8 Å². The highest BCUT2D eigenvalue weighted by Crippen LogP contribution is 2.11. The van der Waals surface area contributed by atoms with E-state index in [2.05, 4.69) is 10.6 Å². The van der Waals surface area contributed by atoms with Gasteiger partial charge in [-0.05, 0) is 0 Å². The minimum absolute atomic E-state index is 0.111. The highest BCUT2D eigenvalue weighted by atomic mass is 32.2. The quantitative estimate of drug-likeness (QED) is 0.647. The number of carboxylic acid groups (broad SMARTS) is 1. The van der Waals surface area contributed by atoms with Crippen LogP contribution in [0.1, 0.15) is 10.4 Å². The van der Waals surface area contributed by atoms with Gasteiger partial charge < -0.3 is 15.7 Å². The molecule has 0 bridgehead atoms. The van der Waals surface area contributed by atoms with Gasteiger partial charge in [0.1, 0.15) is 6.54 Å². The number of hydrogen-bond donors (Lipinski definition) is 3. The molecule has 0 aliphatic heterocycles. The zero-order valence-electron chi connectivity index (χ0n) is 11.0. The Bertz CT molecular complexity index is 533. The summed E-state index contributed by atoms with van der Waals surface area (Å²) in [6.07, 6.45) is 0. The van der Waals surface area contributed by atoms with Crippen LogP contribution in [-0.2, 0) is 14.4 Å². The molecular formula is C13H14N2O5S. The van der Waals surface area contributed by atoms with Gasteiger partial charge in [0, 0.05) is 5.56 Å². The van der Waals surface area contributed by atoms with Gasteiger partial charge in [0.15, 0.2) is 0 Å². The Hall–Kier alpha value is -2.35. The van der Waals surface area contributed by atoms with Crippen LogP contribution in [0.5, 0.6) is 0 Å². The van der Waals surface area contributed by atoms with Crippen LogP contribution in [0.4, 0.5) is 0 Å². The number of carbonyl (C=O) groups is 4. The van der Waals surface area contributed by atoms with E-state index in [0.29, 0.717) is 5.56 Å². The lowest BCUT2D eigenvalue weighted by Crippen LogP contribution is -2.39. The van der Waals surface area contributed by atoms with Crippen LogP contribution in [0.25, 0.3) is 0 Å². The summed E-state index contributed by atoms with van der Waals surface area (Å²) in [6.45, 7) is -0.831. The Kier molecular flexibility index (Phi) is 6.96. The fraction of sp³-hybridized carbons (Fsp3) is 0.231. The number of benzene rings is 1. The molecule has 21 heavy (non-hydrogen) atoms. The third-order valence-corrected chi connectivity index (χ3v) is 3.13. The average Bonchev–Trinajstić information content (AvgIpc) is 2.49. The van der Waals surface area contributed by atoms with E-state index >= 15 is 0 Å². The molecule has 3 N–H and O–H groups in total. The topological polar surface area (TPSA) is 113 Å². The normalized spacial score (nSPS) is 9.71. The van der Waals surface area contributed by atoms with Gasteiger partial charge in [0.2, 0.25) is 16.9 Å². The number of hydrogen-bond acceptors (Lipinski definition) is 5. The Morgan fingerprint density at radius 2 is 1.57 bits per heavy atom. The van der Waals surface area contributed by atoms with Crippen molar-refractivity contribution in [2.75, 3.05) is 18.8 Å². The van der Waals surface area contributed by atoms with Gasteiger partial charge in [-0.2, -0.15) is 0 Å². The molecule has 0 aliphatic carbocycles. The van der Waals surface area contributed by atoms with E-state index in [1.165, 1.54) is 0 Å². The van der Waals surface area contributed by atoms with Crippen LogP contribution in [0.2, 0.25) is 0 Å². The van der Waals surface area contributed by atoms with Crippen LogP contribution in [0.3, 0.4) is 0 Å². The third kappa shape index (κ3) is 7.11. The molecule has 0 aliphatic rings. The van der Waals surface area contributed by atoms with Crippen molar-refractivity contribution < 1.29 is 24.3 Å². The maximum absolute atomic E-state index is 11.7. The predicted octanol–water partition coefficient (Wildman–Crippen LogP) is -0.123. The summed E-state index contributed by atoms with van der Waals surface area (Å²) < 4.78 is 0. The summed E-state index contributed by atoms with van der Waals surface area (Å²) in [5, 5.41) is 12.5. The summed E-state index contributed by atoms with van der Waals surface area (Å²) in [6, 6.07) is 8.52. The molecule has 1 aromatic carbocycles. The Balaban J connectivity index is 2.24. The molecule has 112 valence electrons. The molecular weight excluding hydrogens is 296 g/mol. The zero-order valence-corrected chi connectivity index (χ0v) is 11.8. The minimum Gasteiger partial charge on any atom is -0.480 e. The molecule has 0 radical (unpaired) electrons. The van der Waals surface area contributed by atoms with Crippen molar-refractivity contribution in [1.29, 1.82) is 0 Å². The standard InChI is InChI=1S/C13H14N2O5S/c16-10(15-7-12(18)19)6-14-11(17)8-21-13(20)9-4-2-1-3-5-9/h1-5H,6-8H2,(H,14,17)(H,15,16)(H,18,19). The second kappa shape index (κ2) is 8.75. The summed E-state index contributed by atoms with van der Waals surface area (Å²) in [7, 11) is 0. The molecule has 2 amide bonds. The number of carbonyl (C=O) groups excluding carboxylic acids is 3. The molecule has 0 aromatic heterocycles. The Morgan fingerprint density at radius 3 is 2.19 bits per heavy atom. The van der Waals surface area contributed by atoms with Crippen LogP contribution >= 0.6 is 11.8 Å². The number of carboxylic acids is 1. The highest BCUT2D eigenvalue weighted by molar-refractivity contribution is 8.14. The van der Waals surface area contributed by atoms with E-state index in [1.807, 2.05) is 0 Å². The first-order valence-corrected chi connectivity index (χ1v) is 6.95. The zero-order chi connectivity index (χ0) is 15.7. The van der Waals surface area contributed by atoms with Crippen LogP contribution < -0.4 is 10.6 Å². The van der Waals surface area contributed by atoms with Gasteiger partial charge in [-0.25, -0.2) is 0 Å². The van der Waals surface area contributed by atoms with E-state index in [-0.39, 0.29) is 17.4 Å². The second-order valence-corrected chi connectivity index (χ2v) is 4.84. The van der Waals surface area contributed by atoms with E-state index < -0.39 is 24.3 Å². The van der Waals surface area contributed by atoms with E-state index in [1.54, 1.807) is 30.3 Å². The van der Waals surface area contributed by atoms with Gasteiger partial charge in [0.25, 0.3) is 0 Å². The smallest absolute Gasteiger partial charge is 0.322 e. The van der Waals surface area contributed by atoms with Gasteiger partial charge in [-0.3, -0.25) is 19.2 Å². The fourth-order valence-electron chi connectivity index (χ4n) is 1.26. The Labute approximate surface area is 125 Å². The summed E-state index contributed by atoms with van der Waals surface area (Å²) in [5.74, 6) is -2.36. The van der Waals surface area contributed by atoms with Crippen molar-refractivity contribution in [1.82, 2.24) is 10.6 Å². The first-order valence-electron chi connectivity index (χ1n) is 5.96. The maximum Gasteiger partial charge on any atom is 0.322 e. The largest absolute Gasteiger partial charge is 0.480 e. The van der Waals surface area contributed by atoms with Crippen LogP contribution in [-0.4, -0.2) is 46.8 Å². The SMILES string of the molecule is O=C(O)CNC(=O)CNC(=O)CSC(=O)c1ccccc1. The van der Waals surface area contributed by atoms with Gasteiger partial charge in [-0.15, -0.1) is 0 Å². The molecule has 1 aromatic rings. The number of nitrogens with one attached hydrogen (secondary N) is 2. The van der Waals surface area contributed by atoms with Crippen molar-refractivity contribution in [2.45, 2.75) is 0 Å². The molecule has 0 heterocycles. The second-order valence-electron chi connectivity index (χ2n) is 3.89. The molecule has 8 heteroatoms. The van der Waals surface area contributed by atoms with Crippen molar-refractivity contribution in [3.63, 3.8) is 0 Å². The van der Waals surface area contributed by atoms with Gasteiger partial charge >= 0.3 is 5.97 Å². The first-order chi connectivity index (χ1) is 9.99. The van der Waals surface area contributed by atoms with E-state index in [9.17, 15) is 19.2 Å². The van der Waals surface area contributed by atoms with Gasteiger partial charge in [-0.1, -0.05) is 42.1 Å².